The molecule has 2 aliphatic rings. The fraction of sp³-hybridized carbons (Fsp3) is 0.656. The molecule has 234 valence electrons. The number of unbranched alkanes of at least 4 members (excludes halogenated alkanes) is 5. The summed E-state index contributed by atoms with van der Waals surface area (Å²) in [5.41, 5.74) is -1.37. The highest BCUT2D eigenvalue weighted by Gasteiger charge is 2.50. The molecule has 10 heteroatoms. The molecule has 1 aliphatic heterocycles. The first kappa shape index (κ1) is 32.5. The smallest absolute Gasteiger partial charge is 0.284 e. The lowest BCUT2D eigenvalue weighted by atomic mass is 9.77. The molecule has 0 saturated carbocycles. The lowest BCUT2D eigenvalue weighted by molar-refractivity contribution is -0.0487. The van der Waals surface area contributed by atoms with E-state index in [-0.39, 0.29) is 55.5 Å². The summed E-state index contributed by atoms with van der Waals surface area (Å²) in [6.45, 7) is 5.80. The Morgan fingerprint density at radius 3 is 2.43 bits per heavy atom. The van der Waals surface area contributed by atoms with Crippen molar-refractivity contribution in [1.82, 2.24) is 4.98 Å². The van der Waals surface area contributed by atoms with E-state index in [9.17, 15) is 8.78 Å². The third-order valence-corrected chi connectivity index (χ3v) is 7.97. The summed E-state index contributed by atoms with van der Waals surface area (Å²) < 4.78 is 98.2. The van der Waals surface area contributed by atoms with Crippen molar-refractivity contribution in [3.05, 3.63) is 52.5 Å². The van der Waals surface area contributed by atoms with Gasteiger partial charge in [0.2, 0.25) is 17.6 Å². The molecule has 1 saturated heterocycles. The van der Waals surface area contributed by atoms with Crippen LogP contribution in [0.2, 0.25) is 0 Å². The predicted molar refractivity (Wildman–Crippen MR) is 149 cm³/mol. The number of aryl methyl sites for hydroxylation is 1. The van der Waals surface area contributed by atoms with Crippen LogP contribution in [-0.2, 0) is 21.8 Å². The van der Waals surface area contributed by atoms with Crippen LogP contribution in [0.15, 0.2) is 18.2 Å². The van der Waals surface area contributed by atoms with Gasteiger partial charge in [-0.05, 0) is 50.2 Å². The second-order valence-corrected chi connectivity index (χ2v) is 11.2. The Morgan fingerprint density at radius 1 is 0.881 bits per heavy atom. The Morgan fingerprint density at radius 2 is 1.64 bits per heavy atom. The largest absolute Gasteiger partial charge is 0.488 e. The Balaban J connectivity index is 1.34. The fourth-order valence-electron chi connectivity index (χ4n) is 5.45. The van der Waals surface area contributed by atoms with E-state index in [1.807, 2.05) is 0 Å². The molecule has 2 aromatic rings. The molecule has 0 N–H and O–H groups in total. The lowest BCUT2D eigenvalue weighted by Crippen LogP contribution is -2.32. The second kappa shape index (κ2) is 15.3. The lowest BCUT2D eigenvalue weighted by Gasteiger charge is -2.34. The quantitative estimate of drug-likeness (QED) is 0.0745. The molecule has 3 unspecified atom stereocenters. The molecule has 1 aromatic carbocycles. The molecule has 0 radical (unpaired) electrons. The van der Waals surface area contributed by atoms with E-state index in [0.717, 1.165) is 63.5 Å². The Labute approximate surface area is 245 Å². The molecule has 0 bridgehead atoms. The molecule has 0 spiro atoms. The standard InChI is InChI=1S/C32H42F5NO4/c1-3-5-7-8-11-24-26(42-24)20-41-25-15-13-22(29(33)30(25)34)23-14-12-21-19-27(38-31(35)28(21)32(23,36)37)40-18-10-9-17-39-16-6-4-2/h13,15,19,23-24,26H,3-12,14,16-18,20H2,1-2H3. The van der Waals surface area contributed by atoms with E-state index in [1.165, 1.54) is 6.07 Å². The minimum atomic E-state index is -3.80. The van der Waals surface area contributed by atoms with Crippen LogP contribution in [0.4, 0.5) is 22.0 Å². The summed E-state index contributed by atoms with van der Waals surface area (Å²) in [7, 11) is 0. The first-order valence-corrected chi connectivity index (χ1v) is 15.3. The molecule has 42 heavy (non-hydrogen) atoms. The van der Waals surface area contributed by atoms with Gasteiger partial charge in [-0.1, -0.05) is 52.0 Å². The Kier molecular flexibility index (Phi) is 11.8. The Bertz CT molecular complexity index is 1160. The van der Waals surface area contributed by atoms with Gasteiger partial charge in [0, 0.05) is 24.8 Å². The van der Waals surface area contributed by atoms with Crippen LogP contribution in [0.3, 0.4) is 0 Å². The average Bonchev–Trinajstić information content (AvgIpc) is 3.71. The average molecular weight is 600 g/mol. The summed E-state index contributed by atoms with van der Waals surface area (Å²) in [6, 6.07) is 3.56. The van der Waals surface area contributed by atoms with E-state index >= 15 is 13.2 Å². The van der Waals surface area contributed by atoms with E-state index in [4.69, 9.17) is 18.9 Å². The minimum absolute atomic E-state index is 0.0363. The summed E-state index contributed by atoms with van der Waals surface area (Å²) in [4.78, 5) is 3.60. The van der Waals surface area contributed by atoms with Gasteiger partial charge in [0.15, 0.2) is 11.6 Å². The molecule has 3 atom stereocenters. The van der Waals surface area contributed by atoms with Crippen molar-refractivity contribution >= 4 is 0 Å². The van der Waals surface area contributed by atoms with Gasteiger partial charge in [-0.15, -0.1) is 0 Å². The number of hydrogen-bond donors (Lipinski definition) is 0. The highest BCUT2D eigenvalue weighted by molar-refractivity contribution is 5.42. The molecule has 1 fully saturated rings. The maximum atomic E-state index is 15.6. The van der Waals surface area contributed by atoms with Crippen LogP contribution in [0.1, 0.15) is 101 Å². The number of epoxide rings is 1. The molecule has 1 aromatic heterocycles. The van der Waals surface area contributed by atoms with Crippen LogP contribution in [0.25, 0.3) is 0 Å². The topological polar surface area (TPSA) is 53.1 Å². The normalized spacial score (nSPS) is 20.8. The summed E-state index contributed by atoms with van der Waals surface area (Å²) in [6.07, 6.45) is 8.45. The van der Waals surface area contributed by atoms with Gasteiger partial charge in [-0.2, -0.15) is 13.8 Å². The molecule has 0 amide bonds. The van der Waals surface area contributed by atoms with Crippen molar-refractivity contribution in [2.75, 3.05) is 26.4 Å². The number of pyridine rings is 1. The van der Waals surface area contributed by atoms with Gasteiger partial charge in [-0.3, -0.25) is 0 Å². The summed E-state index contributed by atoms with van der Waals surface area (Å²) in [5.74, 6) is -10.1. The monoisotopic (exact) mass is 599 g/mol. The van der Waals surface area contributed by atoms with E-state index in [2.05, 4.69) is 18.8 Å². The van der Waals surface area contributed by atoms with E-state index in [1.54, 1.807) is 0 Å². The zero-order valence-corrected chi connectivity index (χ0v) is 24.5. The molecular formula is C32H42F5NO4. The molecule has 4 rings (SSSR count). The summed E-state index contributed by atoms with van der Waals surface area (Å²) >= 11 is 0. The van der Waals surface area contributed by atoms with Gasteiger partial charge in [0.1, 0.15) is 12.7 Å². The first-order valence-electron chi connectivity index (χ1n) is 15.3. The Hall–Kier alpha value is -2.46. The van der Waals surface area contributed by atoms with Crippen molar-refractivity contribution in [2.24, 2.45) is 0 Å². The number of aromatic nitrogens is 1. The third-order valence-electron chi connectivity index (χ3n) is 7.97. The van der Waals surface area contributed by atoms with Crippen LogP contribution >= 0.6 is 0 Å². The zero-order chi connectivity index (χ0) is 30.1. The number of halogens is 5. The number of nitrogens with zero attached hydrogens (tertiary/aromatic N) is 1. The first-order chi connectivity index (χ1) is 20.3. The van der Waals surface area contributed by atoms with Crippen LogP contribution < -0.4 is 9.47 Å². The zero-order valence-electron chi connectivity index (χ0n) is 24.5. The van der Waals surface area contributed by atoms with Gasteiger partial charge >= 0.3 is 0 Å². The number of alkyl halides is 2. The van der Waals surface area contributed by atoms with E-state index < -0.39 is 40.5 Å². The maximum absolute atomic E-state index is 15.6. The maximum Gasteiger partial charge on any atom is 0.284 e. The van der Waals surface area contributed by atoms with Crippen molar-refractivity contribution in [3.63, 3.8) is 0 Å². The summed E-state index contributed by atoms with van der Waals surface area (Å²) in [5, 5.41) is 0. The van der Waals surface area contributed by atoms with Gasteiger partial charge in [-0.25, -0.2) is 13.2 Å². The van der Waals surface area contributed by atoms with Gasteiger partial charge in [0.05, 0.1) is 24.2 Å². The predicted octanol–water partition coefficient (Wildman–Crippen LogP) is 8.41. The number of rotatable bonds is 18. The minimum Gasteiger partial charge on any atom is -0.488 e. The van der Waals surface area contributed by atoms with Gasteiger partial charge in [0.25, 0.3) is 5.92 Å². The highest BCUT2D eigenvalue weighted by atomic mass is 19.3. The highest BCUT2D eigenvalue weighted by Crippen LogP contribution is 2.51. The molecular weight excluding hydrogens is 557 g/mol. The van der Waals surface area contributed by atoms with E-state index in [0.29, 0.717) is 19.6 Å². The van der Waals surface area contributed by atoms with Crippen LogP contribution in [-0.4, -0.2) is 43.6 Å². The number of fused-ring (bicyclic) bond motifs is 1. The second-order valence-electron chi connectivity index (χ2n) is 11.2. The number of ether oxygens (including phenoxy) is 4. The molecule has 5 nitrogen and oxygen atoms in total. The van der Waals surface area contributed by atoms with Crippen LogP contribution in [0.5, 0.6) is 11.6 Å². The number of benzene rings is 1. The SMILES string of the molecule is CCCCCCC1OC1COc1ccc(C2CCc3cc(OCCCCOCCCC)nc(F)c3C2(F)F)c(F)c1F. The van der Waals surface area contributed by atoms with Crippen molar-refractivity contribution in [2.45, 2.75) is 109 Å². The van der Waals surface area contributed by atoms with Crippen LogP contribution in [0, 0.1) is 17.6 Å². The molecule has 2 heterocycles. The van der Waals surface area contributed by atoms with Gasteiger partial charge < -0.3 is 18.9 Å². The number of hydrogen-bond acceptors (Lipinski definition) is 5. The fourth-order valence-corrected chi connectivity index (χ4v) is 5.45. The third kappa shape index (κ3) is 8.13. The molecule has 1 aliphatic carbocycles. The van der Waals surface area contributed by atoms with Crippen molar-refractivity contribution < 1.29 is 40.9 Å². The van der Waals surface area contributed by atoms with Crippen molar-refractivity contribution in [1.29, 1.82) is 0 Å². The van der Waals surface area contributed by atoms with Crippen molar-refractivity contribution in [3.8, 4) is 11.6 Å².